The minimum atomic E-state index is -0.676. The molecule has 0 radical (unpaired) electrons. The molecule has 31 heavy (non-hydrogen) atoms. The van der Waals surface area contributed by atoms with E-state index < -0.39 is 6.04 Å². The Bertz CT molecular complexity index is 947. The maximum absolute atomic E-state index is 13.3. The number of benzene rings is 3. The van der Waals surface area contributed by atoms with Gasteiger partial charge < -0.3 is 15.4 Å². The molecule has 1 atom stereocenters. The lowest BCUT2D eigenvalue weighted by Gasteiger charge is -2.26. The average Bonchev–Trinajstić information content (AvgIpc) is 2.81. The maximum Gasteiger partial charge on any atom is 0.251 e. The van der Waals surface area contributed by atoms with E-state index in [1.807, 2.05) is 74.5 Å². The van der Waals surface area contributed by atoms with Gasteiger partial charge in [0, 0.05) is 5.56 Å². The van der Waals surface area contributed by atoms with Gasteiger partial charge in [-0.25, -0.2) is 0 Å². The van der Waals surface area contributed by atoms with Crippen molar-refractivity contribution in [3.05, 3.63) is 102 Å². The lowest BCUT2D eigenvalue weighted by atomic mass is 9.96. The normalized spacial score (nSPS) is 11.8. The van der Waals surface area contributed by atoms with Crippen molar-refractivity contribution in [3.63, 3.8) is 0 Å². The van der Waals surface area contributed by atoms with Gasteiger partial charge in [0.05, 0.1) is 13.2 Å². The smallest absolute Gasteiger partial charge is 0.251 e. The Morgan fingerprint density at radius 2 is 1.26 bits per heavy atom. The van der Waals surface area contributed by atoms with Crippen LogP contribution in [-0.2, 0) is 4.79 Å². The summed E-state index contributed by atoms with van der Waals surface area (Å²) in [6.45, 7) is 3.83. The zero-order valence-electron chi connectivity index (χ0n) is 18.0. The van der Waals surface area contributed by atoms with Gasteiger partial charge in [-0.15, -0.1) is 0 Å². The predicted molar refractivity (Wildman–Crippen MR) is 122 cm³/mol. The topological polar surface area (TPSA) is 67.4 Å². The van der Waals surface area contributed by atoms with E-state index in [0.717, 1.165) is 11.1 Å². The Hall–Kier alpha value is -3.60. The van der Waals surface area contributed by atoms with Crippen molar-refractivity contribution in [2.24, 2.45) is 5.92 Å². The van der Waals surface area contributed by atoms with Crippen molar-refractivity contribution in [2.45, 2.75) is 25.9 Å². The first-order chi connectivity index (χ1) is 15.0. The molecule has 0 aliphatic carbocycles. The summed E-state index contributed by atoms with van der Waals surface area (Å²) >= 11 is 0. The third kappa shape index (κ3) is 5.72. The number of carbonyl (C=O) groups is 2. The fourth-order valence-corrected chi connectivity index (χ4v) is 3.38. The first kappa shape index (κ1) is 22.1. The van der Waals surface area contributed by atoms with E-state index in [1.165, 1.54) is 0 Å². The molecule has 0 aromatic heterocycles. The summed E-state index contributed by atoms with van der Waals surface area (Å²) in [5, 5.41) is 6.02. The van der Waals surface area contributed by atoms with Crippen LogP contribution < -0.4 is 15.4 Å². The molecular formula is C26H28N2O3. The van der Waals surface area contributed by atoms with Crippen molar-refractivity contribution in [2.75, 3.05) is 7.11 Å². The molecule has 0 heterocycles. The molecule has 5 nitrogen and oxygen atoms in total. The summed E-state index contributed by atoms with van der Waals surface area (Å²) < 4.78 is 5.14. The van der Waals surface area contributed by atoms with Crippen LogP contribution in [0.15, 0.2) is 84.9 Å². The molecule has 2 amide bonds. The molecule has 0 bridgehead atoms. The van der Waals surface area contributed by atoms with Crippen LogP contribution in [0.2, 0.25) is 0 Å². The summed E-state index contributed by atoms with van der Waals surface area (Å²) in [7, 11) is 1.57. The van der Waals surface area contributed by atoms with E-state index in [2.05, 4.69) is 10.6 Å². The fourth-order valence-electron chi connectivity index (χ4n) is 3.38. The molecule has 0 aliphatic rings. The number of amides is 2. The largest absolute Gasteiger partial charge is 0.497 e. The van der Waals surface area contributed by atoms with Gasteiger partial charge in [0.15, 0.2) is 0 Å². The monoisotopic (exact) mass is 416 g/mol. The number of nitrogens with one attached hydrogen (secondary N) is 2. The summed E-state index contributed by atoms with van der Waals surface area (Å²) in [6.07, 6.45) is 0. The first-order valence-corrected chi connectivity index (χ1v) is 10.3. The van der Waals surface area contributed by atoms with Crippen LogP contribution in [0.3, 0.4) is 0 Å². The first-order valence-electron chi connectivity index (χ1n) is 10.3. The fraction of sp³-hybridized carbons (Fsp3) is 0.231. The van der Waals surface area contributed by atoms with E-state index in [1.54, 1.807) is 31.4 Å². The van der Waals surface area contributed by atoms with Crippen LogP contribution in [0, 0.1) is 5.92 Å². The lowest BCUT2D eigenvalue weighted by Crippen LogP contribution is -2.50. The molecule has 0 unspecified atom stereocenters. The molecule has 0 spiro atoms. The van der Waals surface area contributed by atoms with Gasteiger partial charge in [0.2, 0.25) is 5.91 Å². The molecule has 0 aliphatic heterocycles. The highest BCUT2D eigenvalue weighted by atomic mass is 16.5. The number of ether oxygens (including phenoxy) is 1. The molecule has 3 aromatic rings. The van der Waals surface area contributed by atoms with Gasteiger partial charge >= 0.3 is 0 Å². The minimum Gasteiger partial charge on any atom is -0.497 e. The molecular weight excluding hydrogens is 388 g/mol. The summed E-state index contributed by atoms with van der Waals surface area (Å²) in [5.74, 6) is 0.0553. The van der Waals surface area contributed by atoms with E-state index in [4.69, 9.17) is 4.74 Å². The highest BCUT2D eigenvalue weighted by molar-refractivity contribution is 5.97. The Morgan fingerprint density at radius 1 is 0.742 bits per heavy atom. The Balaban J connectivity index is 1.80. The van der Waals surface area contributed by atoms with Gasteiger partial charge in [-0.1, -0.05) is 74.5 Å². The zero-order chi connectivity index (χ0) is 22.2. The second-order valence-corrected chi connectivity index (χ2v) is 7.69. The zero-order valence-corrected chi connectivity index (χ0v) is 18.0. The lowest BCUT2D eigenvalue weighted by molar-refractivity contribution is -0.124. The van der Waals surface area contributed by atoms with Crippen LogP contribution in [0.5, 0.6) is 5.75 Å². The maximum atomic E-state index is 13.3. The van der Waals surface area contributed by atoms with Crippen LogP contribution in [-0.4, -0.2) is 25.0 Å². The highest BCUT2D eigenvalue weighted by Gasteiger charge is 2.27. The van der Waals surface area contributed by atoms with Crippen molar-refractivity contribution in [3.8, 4) is 5.75 Å². The van der Waals surface area contributed by atoms with Crippen molar-refractivity contribution >= 4 is 11.8 Å². The SMILES string of the molecule is COc1ccc(C(=O)N[C@H](C(=O)NC(c2ccccc2)c2ccccc2)C(C)C)cc1. The molecule has 0 saturated carbocycles. The minimum absolute atomic E-state index is 0.0885. The van der Waals surface area contributed by atoms with Crippen LogP contribution in [0.25, 0.3) is 0 Å². The molecule has 0 saturated heterocycles. The van der Waals surface area contributed by atoms with Gasteiger partial charge in [-0.3, -0.25) is 9.59 Å². The van der Waals surface area contributed by atoms with Crippen LogP contribution in [0.1, 0.15) is 41.4 Å². The second-order valence-electron chi connectivity index (χ2n) is 7.69. The average molecular weight is 417 g/mol. The Labute approximate surface area is 183 Å². The van der Waals surface area contributed by atoms with E-state index in [0.29, 0.717) is 11.3 Å². The third-order valence-electron chi connectivity index (χ3n) is 5.14. The number of hydrogen-bond acceptors (Lipinski definition) is 3. The molecule has 5 heteroatoms. The summed E-state index contributed by atoms with van der Waals surface area (Å²) in [6, 6.07) is 25.4. The number of carbonyl (C=O) groups excluding carboxylic acids is 2. The summed E-state index contributed by atoms with van der Waals surface area (Å²) in [4.78, 5) is 26.0. The standard InChI is InChI=1S/C26H28N2O3/c1-18(2)23(27-25(29)21-14-16-22(31-3)17-15-21)26(30)28-24(19-10-6-4-7-11-19)20-12-8-5-9-13-20/h4-18,23-24H,1-3H3,(H,27,29)(H,28,30)/t23-/m0/s1. The van der Waals surface area contributed by atoms with E-state index >= 15 is 0 Å². The third-order valence-corrected chi connectivity index (χ3v) is 5.14. The molecule has 3 rings (SSSR count). The number of rotatable bonds is 8. The predicted octanol–water partition coefficient (Wildman–Crippen LogP) is 4.36. The molecule has 0 fully saturated rings. The van der Waals surface area contributed by atoms with Gasteiger partial charge in [0.25, 0.3) is 5.91 Å². The van der Waals surface area contributed by atoms with Gasteiger partial charge in [0.1, 0.15) is 11.8 Å². The molecule has 3 aromatic carbocycles. The van der Waals surface area contributed by atoms with Gasteiger partial charge in [-0.05, 0) is 41.3 Å². The number of methoxy groups -OCH3 is 1. The van der Waals surface area contributed by atoms with Crippen LogP contribution in [0.4, 0.5) is 0 Å². The molecule has 160 valence electrons. The Morgan fingerprint density at radius 3 is 1.71 bits per heavy atom. The second kappa shape index (κ2) is 10.4. The number of hydrogen-bond donors (Lipinski definition) is 2. The molecule has 2 N–H and O–H groups in total. The van der Waals surface area contributed by atoms with Gasteiger partial charge in [-0.2, -0.15) is 0 Å². The highest BCUT2D eigenvalue weighted by Crippen LogP contribution is 2.22. The van der Waals surface area contributed by atoms with Crippen molar-refractivity contribution < 1.29 is 14.3 Å². The van der Waals surface area contributed by atoms with E-state index in [9.17, 15) is 9.59 Å². The van der Waals surface area contributed by atoms with E-state index in [-0.39, 0.29) is 23.8 Å². The Kier molecular flexibility index (Phi) is 7.44. The quantitative estimate of drug-likeness (QED) is 0.574. The van der Waals surface area contributed by atoms with Crippen LogP contribution >= 0.6 is 0 Å². The van der Waals surface area contributed by atoms with Crippen molar-refractivity contribution in [1.29, 1.82) is 0 Å². The van der Waals surface area contributed by atoms with Crippen molar-refractivity contribution in [1.82, 2.24) is 10.6 Å². The summed E-state index contributed by atoms with van der Waals surface area (Å²) in [5.41, 5.74) is 2.43.